The summed E-state index contributed by atoms with van der Waals surface area (Å²) in [5, 5.41) is 9.58. The fraction of sp³-hybridized carbons (Fsp3) is 1.00. The lowest BCUT2D eigenvalue weighted by molar-refractivity contribution is -0.203. The molecular formula is C10H18B2O6. The lowest BCUT2D eigenvalue weighted by atomic mass is 9.83. The Hall–Kier alpha value is -0.110. The number of rotatable bonds is 3. The van der Waals surface area contributed by atoms with Crippen molar-refractivity contribution in [2.24, 2.45) is 0 Å². The molecule has 0 amide bonds. The Morgan fingerprint density at radius 2 is 2.00 bits per heavy atom. The second-order valence-corrected chi connectivity index (χ2v) is 4.91. The molecule has 3 rings (SSSR count). The third-order valence-corrected chi connectivity index (χ3v) is 3.72. The normalized spacial score (nSPS) is 43.2. The summed E-state index contributed by atoms with van der Waals surface area (Å²) in [5.74, 6) is -1.08. The van der Waals surface area contributed by atoms with Crippen molar-refractivity contribution < 1.29 is 28.5 Å². The first-order valence-corrected chi connectivity index (χ1v) is 6.61. The highest BCUT2D eigenvalue weighted by molar-refractivity contribution is 6.45. The summed E-state index contributed by atoms with van der Waals surface area (Å²) in [7, 11) is -0.566. The molecule has 1 N–H and O–H groups in total. The minimum absolute atomic E-state index is 0.228. The molecule has 0 spiro atoms. The van der Waals surface area contributed by atoms with E-state index < -0.39 is 5.79 Å². The summed E-state index contributed by atoms with van der Waals surface area (Å²) < 4.78 is 28.6. The van der Waals surface area contributed by atoms with E-state index in [1.165, 1.54) is 0 Å². The molecule has 3 fully saturated rings. The van der Waals surface area contributed by atoms with Crippen LogP contribution in [0.2, 0.25) is 12.6 Å². The van der Waals surface area contributed by atoms with Crippen LogP contribution in [0, 0.1) is 0 Å². The van der Waals surface area contributed by atoms with Crippen molar-refractivity contribution in [1.82, 2.24) is 0 Å². The van der Waals surface area contributed by atoms with Crippen LogP contribution < -0.4 is 0 Å². The Morgan fingerprint density at radius 1 is 1.22 bits per heavy atom. The quantitative estimate of drug-likeness (QED) is 0.712. The molecule has 6 nitrogen and oxygen atoms in total. The van der Waals surface area contributed by atoms with Gasteiger partial charge in [-0.3, -0.25) is 0 Å². The highest BCUT2D eigenvalue weighted by atomic mass is 16.8. The van der Waals surface area contributed by atoms with Crippen LogP contribution in [0.3, 0.4) is 0 Å². The molecule has 0 aromatic carbocycles. The highest BCUT2D eigenvalue weighted by Crippen LogP contribution is 2.43. The van der Waals surface area contributed by atoms with Crippen molar-refractivity contribution in [2.75, 3.05) is 13.2 Å². The van der Waals surface area contributed by atoms with Crippen LogP contribution in [-0.2, 0) is 23.4 Å². The van der Waals surface area contributed by atoms with Crippen LogP contribution in [-0.4, -0.2) is 56.7 Å². The zero-order valence-electron chi connectivity index (χ0n) is 10.7. The number of ether oxygens (including phenoxy) is 1. The van der Waals surface area contributed by atoms with Crippen LogP contribution in [0.15, 0.2) is 0 Å². The van der Waals surface area contributed by atoms with Crippen molar-refractivity contribution in [3.05, 3.63) is 0 Å². The summed E-state index contributed by atoms with van der Waals surface area (Å²) in [6.07, 6.45) is 0.651. The fourth-order valence-corrected chi connectivity index (χ4v) is 2.79. The van der Waals surface area contributed by atoms with Crippen LogP contribution in [0.25, 0.3) is 0 Å². The molecule has 0 aliphatic carbocycles. The van der Waals surface area contributed by atoms with E-state index >= 15 is 0 Å². The van der Waals surface area contributed by atoms with Crippen LogP contribution in [0.4, 0.5) is 0 Å². The molecule has 0 saturated carbocycles. The highest BCUT2D eigenvalue weighted by Gasteiger charge is 2.64. The van der Waals surface area contributed by atoms with Crippen molar-refractivity contribution >= 4 is 14.2 Å². The lowest BCUT2D eigenvalue weighted by Crippen LogP contribution is -2.49. The third kappa shape index (κ3) is 1.83. The van der Waals surface area contributed by atoms with Gasteiger partial charge < -0.3 is 28.5 Å². The summed E-state index contributed by atoms with van der Waals surface area (Å²) >= 11 is 0. The molecule has 0 aromatic rings. The van der Waals surface area contributed by atoms with Gasteiger partial charge in [-0.05, 0) is 12.6 Å². The van der Waals surface area contributed by atoms with Crippen molar-refractivity contribution in [1.29, 1.82) is 0 Å². The molecule has 0 bridgehead atoms. The van der Waals surface area contributed by atoms with Gasteiger partial charge in [-0.15, -0.1) is 0 Å². The number of fused-ring (bicyclic) bond motifs is 3. The van der Waals surface area contributed by atoms with Crippen LogP contribution in [0.1, 0.15) is 13.8 Å². The first-order chi connectivity index (χ1) is 8.72. The predicted octanol–water partition coefficient (Wildman–Crippen LogP) is -0.0792. The fourth-order valence-electron chi connectivity index (χ4n) is 2.79. The minimum atomic E-state index is -1.08. The SMILES string of the molecule is CCB1OCC2OC3(CO)OB(CC)OC3C2O1. The second kappa shape index (κ2) is 4.77. The van der Waals surface area contributed by atoms with Gasteiger partial charge in [-0.1, -0.05) is 13.8 Å². The molecule has 0 aromatic heterocycles. The van der Waals surface area contributed by atoms with Crippen molar-refractivity contribution in [3.63, 3.8) is 0 Å². The number of aliphatic hydroxyl groups is 1. The van der Waals surface area contributed by atoms with E-state index in [1.807, 2.05) is 13.8 Å². The monoisotopic (exact) mass is 256 g/mol. The largest absolute Gasteiger partial charge is 0.459 e. The van der Waals surface area contributed by atoms with Gasteiger partial charge in [0.15, 0.2) is 0 Å². The molecular weight excluding hydrogens is 238 g/mol. The summed E-state index contributed by atoms with van der Waals surface area (Å²) in [6, 6.07) is 0. The zero-order chi connectivity index (χ0) is 12.8. The first-order valence-electron chi connectivity index (χ1n) is 6.61. The molecule has 4 atom stereocenters. The Labute approximate surface area is 107 Å². The van der Waals surface area contributed by atoms with Gasteiger partial charge in [-0.25, -0.2) is 0 Å². The van der Waals surface area contributed by atoms with Gasteiger partial charge in [0.25, 0.3) is 0 Å². The van der Waals surface area contributed by atoms with Gasteiger partial charge in [0, 0.05) is 0 Å². The molecule has 18 heavy (non-hydrogen) atoms. The zero-order valence-corrected chi connectivity index (χ0v) is 10.7. The number of aliphatic hydroxyl groups excluding tert-OH is 1. The van der Waals surface area contributed by atoms with E-state index in [0.717, 1.165) is 6.32 Å². The molecule has 3 aliphatic heterocycles. The van der Waals surface area contributed by atoms with E-state index in [9.17, 15) is 5.11 Å². The maximum atomic E-state index is 9.58. The standard InChI is InChI=1S/C10H18B2O6/c1-3-11-14-5-7-8(16-11)9-10(6-13,15-7)18-12(4-2)17-9/h7-9,13H,3-6H2,1-2H3. The van der Waals surface area contributed by atoms with Crippen LogP contribution >= 0.6 is 0 Å². The molecule has 8 heteroatoms. The van der Waals surface area contributed by atoms with Crippen LogP contribution in [0.5, 0.6) is 0 Å². The third-order valence-electron chi connectivity index (χ3n) is 3.72. The number of hydrogen-bond donors (Lipinski definition) is 1. The molecule has 0 radical (unpaired) electrons. The van der Waals surface area contributed by atoms with Crippen molar-refractivity contribution in [3.8, 4) is 0 Å². The first kappa shape index (κ1) is 12.9. The summed E-state index contributed by atoms with van der Waals surface area (Å²) in [5.41, 5.74) is 0. The smallest absolute Gasteiger partial charge is 0.408 e. The minimum Gasteiger partial charge on any atom is -0.408 e. The average molecular weight is 256 g/mol. The molecule has 3 saturated heterocycles. The van der Waals surface area contributed by atoms with E-state index in [1.54, 1.807) is 0 Å². The molecule has 3 aliphatic rings. The van der Waals surface area contributed by atoms with Crippen molar-refractivity contribution in [2.45, 2.75) is 50.6 Å². The van der Waals surface area contributed by atoms with Gasteiger partial charge in [-0.2, -0.15) is 0 Å². The number of hydrogen-bond acceptors (Lipinski definition) is 6. The van der Waals surface area contributed by atoms with E-state index in [0.29, 0.717) is 12.9 Å². The maximum Gasteiger partial charge on any atom is 0.459 e. The van der Waals surface area contributed by atoms with Gasteiger partial charge >= 0.3 is 14.2 Å². The molecule has 4 unspecified atom stereocenters. The predicted molar refractivity (Wildman–Crippen MR) is 63.9 cm³/mol. The van der Waals surface area contributed by atoms with E-state index in [2.05, 4.69) is 0 Å². The van der Waals surface area contributed by atoms with Gasteiger partial charge in [0.2, 0.25) is 5.79 Å². The van der Waals surface area contributed by atoms with Gasteiger partial charge in [0.1, 0.15) is 18.3 Å². The lowest BCUT2D eigenvalue weighted by Gasteiger charge is -2.31. The van der Waals surface area contributed by atoms with E-state index in [4.69, 9.17) is 23.4 Å². The Kier molecular flexibility index (Phi) is 3.42. The second-order valence-electron chi connectivity index (χ2n) is 4.91. The Bertz CT molecular complexity index is 319. The topological polar surface area (TPSA) is 66.4 Å². The summed E-state index contributed by atoms with van der Waals surface area (Å²) in [6.45, 7) is 4.18. The molecule has 100 valence electrons. The summed E-state index contributed by atoms with van der Waals surface area (Å²) in [4.78, 5) is 0. The maximum absolute atomic E-state index is 9.58. The Morgan fingerprint density at radius 3 is 2.67 bits per heavy atom. The van der Waals surface area contributed by atoms with Gasteiger partial charge in [0.05, 0.1) is 13.2 Å². The Balaban J connectivity index is 1.79. The average Bonchev–Trinajstić information content (AvgIpc) is 2.91. The van der Waals surface area contributed by atoms with E-state index in [-0.39, 0.29) is 39.2 Å². The molecule has 3 heterocycles.